The molecule has 0 aromatic carbocycles. The van der Waals surface area contributed by atoms with Crippen LogP contribution in [0.5, 0.6) is 0 Å². The number of nitrogen functional groups attached to an aromatic ring is 1. The van der Waals surface area contributed by atoms with Crippen LogP contribution in [0.3, 0.4) is 0 Å². The lowest BCUT2D eigenvalue weighted by atomic mass is 10.2. The molecule has 0 fully saturated rings. The third-order valence-electron chi connectivity index (χ3n) is 2.38. The number of hydrogen-bond acceptors (Lipinski definition) is 6. The molecule has 0 saturated heterocycles. The van der Waals surface area contributed by atoms with Crippen LogP contribution in [0.4, 0.5) is 5.82 Å². The monoisotopic (exact) mass is 270 g/mol. The molecule has 2 atom stereocenters. The zero-order valence-corrected chi connectivity index (χ0v) is 11.5. The number of anilines is 1. The number of aliphatic hydroxyl groups is 1. The van der Waals surface area contributed by atoms with Gasteiger partial charge in [-0.15, -0.1) is 11.8 Å². The van der Waals surface area contributed by atoms with Crippen molar-refractivity contribution in [2.45, 2.75) is 37.0 Å². The third kappa shape index (κ3) is 3.89. The Bertz CT molecular complexity index is 424. The van der Waals surface area contributed by atoms with Gasteiger partial charge in [-0.3, -0.25) is 0 Å². The fourth-order valence-electron chi connectivity index (χ4n) is 1.22. The summed E-state index contributed by atoms with van der Waals surface area (Å²) >= 11 is 1.37. The highest BCUT2D eigenvalue weighted by Gasteiger charge is 2.18. The topological polar surface area (TPSA) is 85.4 Å². The van der Waals surface area contributed by atoms with E-state index in [2.05, 4.69) is 4.98 Å². The maximum Gasteiger partial charge on any atom is 0.339 e. The second-order valence-corrected chi connectivity index (χ2v) is 5.31. The van der Waals surface area contributed by atoms with E-state index in [1.807, 2.05) is 6.92 Å². The van der Waals surface area contributed by atoms with Crippen molar-refractivity contribution in [3.05, 3.63) is 17.8 Å². The second-order valence-electron chi connectivity index (χ2n) is 3.89. The summed E-state index contributed by atoms with van der Waals surface area (Å²) in [4.78, 5) is 16.4. The lowest BCUT2D eigenvalue weighted by molar-refractivity contribution is 0.0522. The van der Waals surface area contributed by atoms with E-state index in [9.17, 15) is 9.90 Å². The molecule has 18 heavy (non-hydrogen) atoms. The Balaban J connectivity index is 2.99. The van der Waals surface area contributed by atoms with Gasteiger partial charge in [0.25, 0.3) is 0 Å². The number of thioether (sulfide) groups is 1. The van der Waals surface area contributed by atoms with E-state index in [-0.39, 0.29) is 11.1 Å². The zero-order chi connectivity index (χ0) is 13.7. The molecule has 6 heteroatoms. The molecule has 0 spiro atoms. The van der Waals surface area contributed by atoms with E-state index in [1.165, 1.54) is 24.0 Å². The molecule has 0 radical (unpaired) electrons. The van der Waals surface area contributed by atoms with Gasteiger partial charge in [-0.05, 0) is 19.9 Å². The van der Waals surface area contributed by atoms with Crippen LogP contribution in [0.1, 0.15) is 31.1 Å². The number of rotatable bonds is 5. The van der Waals surface area contributed by atoms with Crippen LogP contribution in [0.15, 0.2) is 17.2 Å². The summed E-state index contributed by atoms with van der Waals surface area (Å²) in [6.07, 6.45) is 1.05. The average molecular weight is 270 g/mol. The third-order valence-corrected chi connectivity index (χ3v) is 3.72. The van der Waals surface area contributed by atoms with Crippen LogP contribution in [-0.4, -0.2) is 34.0 Å². The Morgan fingerprint density at radius 2 is 2.28 bits per heavy atom. The predicted octanol–water partition coefficient (Wildman–Crippen LogP) is 1.70. The van der Waals surface area contributed by atoms with E-state index in [0.717, 1.165) is 0 Å². The van der Waals surface area contributed by atoms with E-state index >= 15 is 0 Å². The molecular formula is C12H18N2O3S. The van der Waals surface area contributed by atoms with E-state index in [4.69, 9.17) is 10.5 Å². The summed E-state index contributed by atoms with van der Waals surface area (Å²) in [5.74, 6) is -0.154. The van der Waals surface area contributed by atoms with Gasteiger partial charge in [-0.25, -0.2) is 9.78 Å². The molecule has 2 unspecified atom stereocenters. The fraction of sp³-hybridized carbons (Fsp3) is 0.500. The normalized spacial score (nSPS) is 14.0. The van der Waals surface area contributed by atoms with E-state index in [0.29, 0.717) is 17.1 Å². The van der Waals surface area contributed by atoms with Gasteiger partial charge in [0.05, 0.1) is 18.3 Å². The quantitative estimate of drug-likeness (QED) is 0.625. The van der Waals surface area contributed by atoms with Crippen LogP contribution < -0.4 is 5.73 Å². The maximum absolute atomic E-state index is 11.8. The molecule has 0 aliphatic heterocycles. The van der Waals surface area contributed by atoms with Crippen molar-refractivity contribution in [1.82, 2.24) is 4.98 Å². The molecule has 0 saturated carbocycles. The number of hydrogen-bond donors (Lipinski definition) is 2. The molecule has 0 aliphatic rings. The largest absolute Gasteiger partial charge is 0.462 e. The van der Waals surface area contributed by atoms with Crippen molar-refractivity contribution in [2.24, 2.45) is 0 Å². The van der Waals surface area contributed by atoms with Crippen LogP contribution in [-0.2, 0) is 4.74 Å². The predicted molar refractivity (Wildman–Crippen MR) is 71.6 cm³/mol. The minimum Gasteiger partial charge on any atom is -0.462 e. The number of nitrogens with zero attached hydrogens (tertiary/aromatic N) is 1. The average Bonchev–Trinajstić information content (AvgIpc) is 2.31. The van der Waals surface area contributed by atoms with Crippen LogP contribution in [0, 0.1) is 0 Å². The van der Waals surface area contributed by atoms with Gasteiger partial charge in [0.1, 0.15) is 5.82 Å². The number of carbonyl (C=O) groups is 1. The van der Waals surface area contributed by atoms with Crippen LogP contribution in [0.25, 0.3) is 0 Å². The van der Waals surface area contributed by atoms with Gasteiger partial charge < -0.3 is 15.6 Å². The molecule has 1 rings (SSSR count). The zero-order valence-electron chi connectivity index (χ0n) is 10.7. The number of ether oxygens (including phenoxy) is 1. The van der Waals surface area contributed by atoms with Crippen molar-refractivity contribution >= 4 is 23.5 Å². The number of pyridine rings is 1. The molecule has 0 amide bonds. The lowest BCUT2D eigenvalue weighted by Gasteiger charge is -2.16. The summed E-state index contributed by atoms with van der Waals surface area (Å²) < 4.78 is 4.97. The number of aromatic nitrogens is 1. The number of aliphatic hydroxyl groups excluding tert-OH is 1. The minimum atomic E-state index is -0.484. The van der Waals surface area contributed by atoms with Gasteiger partial charge in [0, 0.05) is 16.3 Å². The van der Waals surface area contributed by atoms with Crippen LogP contribution in [0.2, 0.25) is 0 Å². The molecule has 1 heterocycles. The molecular weight excluding hydrogens is 252 g/mol. The van der Waals surface area contributed by atoms with Gasteiger partial charge in [0.2, 0.25) is 0 Å². The van der Waals surface area contributed by atoms with Crippen molar-refractivity contribution in [3.63, 3.8) is 0 Å². The molecule has 1 aromatic rings. The summed E-state index contributed by atoms with van der Waals surface area (Å²) in [6, 6.07) is 1.50. The van der Waals surface area contributed by atoms with Crippen molar-refractivity contribution in [3.8, 4) is 0 Å². The minimum absolute atomic E-state index is 0.0522. The Labute approximate surface area is 111 Å². The highest BCUT2D eigenvalue weighted by molar-refractivity contribution is 8.00. The summed E-state index contributed by atoms with van der Waals surface area (Å²) in [5.41, 5.74) is 5.97. The molecule has 1 aromatic heterocycles. The van der Waals surface area contributed by atoms with Gasteiger partial charge in [-0.1, -0.05) is 6.92 Å². The molecule has 0 aliphatic carbocycles. The second kappa shape index (κ2) is 6.61. The van der Waals surface area contributed by atoms with Gasteiger partial charge in [0.15, 0.2) is 0 Å². The first-order valence-electron chi connectivity index (χ1n) is 5.73. The first-order chi connectivity index (χ1) is 8.45. The summed E-state index contributed by atoms with van der Waals surface area (Å²) in [7, 11) is 0. The van der Waals surface area contributed by atoms with E-state index in [1.54, 1.807) is 13.8 Å². The van der Waals surface area contributed by atoms with Crippen molar-refractivity contribution in [1.29, 1.82) is 0 Å². The maximum atomic E-state index is 11.8. The fourth-order valence-corrected chi connectivity index (χ4v) is 2.20. The van der Waals surface area contributed by atoms with Crippen molar-refractivity contribution in [2.75, 3.05) is 12.3 Å². The number of carbonyl (C=O) groups excluding carboxylic acids is 1. The Kier molecular flexibility index (Phi) is 5.43. The molecule has 0 bridgehead atoms. The van der Waals surface area contributed by atoms with Gasteiger partial charge in [-0.2, -0.15) is 0 Å². The highest BCUT2D eigenvalue weighted by Crippen LogP contribution is 2.29. The Morgan fingerprint density at radius 3 is 2.83 bits per heavy atom. The number of nitrogens with two attached hydrogens (primary N) is 1. The highest BCUT2D eigenvalue weighted by atomic mass is 32.2. The lowest BCUT2D eigenvalue weighted by Crippen LogP contribution is -2.16. The summed E-state index contributed by atoms with van der Waals surface area (Å²) in [6.45, 7) is 5.62. The van der Waals surface area contributed by atoms with Crippen molar-refractivity contribution < 1.29 is 14.6 Å². The SMILES string of the molecule is CCOC(=O)c1cc(N)ncc1SC(C)C(C)O. The molecule has 3 N–H and O–H groups in total. The molecule has 5 nitrogen and oxygen atoms in total. The van der Waals surface area contributed by atoms with E-state index < -0.39 is 12.1 Å². The standard InChI is InChI=1S/C12H18N2O3S/c1-4-17-12(16)9-5-11(13)14-6-10(9)18-8(3)7(2)15/h5-8,15H,4H2,1-3H3,(H2,13,14). The first-order valence-corrected chi connectivity index (χ1v) is 6.61. The molecule has 100 valence electrons. The smallest absolute Gasteiger partial charge is 0.339 e. The first kappa shape index (κ1) is 14.8. The Hall–Kier alpha value is -1.27. The number of esters is 1. The Morgan fingerprint density at radius 1 is 1.61 bits per heavy atom. The van der Waals surface area contributed by atoms with Gasteiger partial charge >= 0.3 is 5.97 Å². The summed E-state index contributed by atoms with van der Waals surface area (Å²) in [5, 5.41) is 9.44. The van der Waals surface area contributed by atoms with Crippen LogP contribution >= 0.6 is 11.8 Å².